The summed E-state index contributed by atoms with van der Waals surface area (Å²) < 4.78 is 4.72. The van der Waals surface area contributed by atoms with Gasteiger partial charge in [0.15, 0.2) is 0 Å². The Labute approximate surface area is 508 Å². The maximum absolute atomic E-state index is 5.76. The van der Waals surface area contributed by atoms with Crippen molar-refractivity contribution in [3.8, 4) is 101 Å². The van der Waals surface area contributed by atoms with Crippen LogP contribution >= 0.6 is 0 Å². The summed E-state index contributed by atoms with van der Waals surface area (Å²) >= 11 is 0. The molecule has 6 aromatic heterocycles. The Kier molecular flexibility index (Phi) is 12.1. The molecule has 0 unspecified atom stereocenters. The van der Waals surface area contributed by atoms with E-state index in [1.807, 2.05) is 24.3 Å². The molecule has 0 N–H and O–H groups in total. The standard InChI is InChI=1S/C82H52N6/c1-5-23-57(24-6-1)69-47-63(48-70(83-69)58-25-7-2-8-26-58)73-45-61(46-74(85-73)64-49-71(59-27-9-3-10-28-59)84-72(50-64)60-29-11-4-12-30-60)53-37-39-54(40-38-53)62-51-79(87-75-35-19-17-33-67(75)81-65-31-15-13-21-55(65)41-43-77(81)87)86-80(52-62)88-76-36-20-18-34-68(76)82-66-32-16-14-22-56(66)42-44-78(82)88/h1-52H. The van der Waals surface area contributed by atoms with Gasteiger partial charge in [-0.15, -0.1) is 0 Å². The Morgan fingerprint density at radius 1 is 0.182 bits per heavy atom. The number of benzene rings is 11. The molecule has 17 rings (SSSR count). The van der Waals surface area contributed by atoms with Crippen LogP contribution in [0.1, 0.15) is 0 Å². The summed E-state index contributed by atoms with van der Waals surface area (Å²) in [6.45, 7) is 0. The van der Waals surface area contributed by atoms with Crippen molar-refractivity contribution >= 4 is 65.2 Å². The third-order valence-electron chi connectivity index (χ3n) is 17.3. The molecule has 0 spiro atoms. The summed E-state index contributed by atoms with van der Waals surface area (Å²) in [5, 5.41) is 9.64. The molecule has 0 aliphatic rings. The van der Waals surface area contributed by atoms with Gasteiger partial charge in [-0.2, -0.15) is 0 Å². The van der Waals surface area contributed by atoms with Crippen LogP contribution in [-0.4, -0.2) is 29.1 Å². The topological polar surface area (TPSA) is 61.4 Å². The molecule has 0 saturated carbocycles. The van der Waals surface area contributed by atoms with Gasteiger partial charge in [0.25, 0.3) is 0 Å². The van der Waals surface area contributed by atoms with Gasteiger partial charge in [-0.1, -0.05) is 243 Å². The second-order valence-corrected chi connectivity index (χ2v) is 22.6. The molecule has 0 atom stereocenters. The van der Waals surface area contributed by atoms with Crippen LogP contribution in [0.3, 0.4) is 0 Å². The number of rotatable bonds is 10. The molecule has 0 fully saturated rings. The fourth-order valence-corrected chi connectivity index (χ4v) is 13.1. The lowest BCUT2D eigenvalue weighted by Gasteiger charge is -2.16. The quantitative estimate of drug-likeness (QED) is 0.137. The number of fused-ring (bicyclic) bond motifs is 10. The molecule has 88 heavy (non-hydrogen) atoms. The highest BCUT2D eigenvalue weighted by Crippen LogP contribution is 2.42. The second-order valence-electron chi connectivity index (χ2n) is 22.6. The van der Waals surface area contributed by atoms with Gasteiger partial charge in [0.1, 0.15) is 11.6 Å². The molecule has 0 aliphatic heterocycles. The number of hydrogen-bond acceptors (Lipinski definition) is 4. The van der Waals surface area contributed by atoms with Crippen LogP contribution in [0.2, 0.25) is 0 Å². The van der Waals surface area contributed by atoms with Crippen molar-refractivity contribution in [3.63, 3.8) is 0 Å². The van der Waals surface area contributed by atoms with Gasteiger partial charge in [-0.3, -0.25) is 9.13 Å². The highest BCUT2D eigenvalue weighted by Gasteiger charge is 2.22. The maximum atomic E-state index is 5.76. The fourth-order valence-electron chi connectivity index (χ4n) is 13.1. The van der Waals surface area contributed by atoms with E-state index in [-0.39, 0.29) is 0 Å². The summed E-state index contributed by atoms with van der Waals surface area (Å²) in [5.74, 6) is 1.66. The van der Waals surface area contributed by atoms with E-state index in [4.69, 9.17) is 19.9 Å². The van der Waals surface area contributed by atoms with E-state index in [0.717, 1.165) is 124 Å². The summed E-state index contributed by atoms with van der Waals surface area (Å²) in [6, 6.07) is 112. The Hall–Kier alpha value is -11.9. The lowest BCUT2D eigenvalue weighted by molar-refractivity contribution is 1.01. The van der Waals surface area contributed by atoms with Crippen molar-refractivity contribution in [2.45, 2.75) is 0 Å². The maximum Gasteiger partial charge on any atom is 0.140 e. The molecule has 6 heterocycles. The molecule has 0 saturated heterocycles. The average Bonchev–Trinajstić information content (AvgIpc) is 2.22. The molecule has 6 heteroatoms. The second kappa shape index (κ2) is 21.0. The first-order valence-electron chi connectivity index (χ1n) is 29.8. The smallest absolute Gasteiger partial charge is 0.140 e. The van der Waals surface area contributed by atoms with Gasteiger partial charge < -0.3 is 0 Å². The summed E-state index contributed by atoms with van der Waals surface area (Å²) in [4.78, 5) is 21.9. The number of aromatic nitrogens is 6. The van der Waals surface area contributed by atoms with Crippen molar-refractivity contribution in [1.29, 1.82) is 0 Å². The first-order chi connectivity index (χ1) is 43.6. The summed E-state index contributed by atoms with van der Waals surface area (Å²) in [6.07, 6.45) is 0. The lowest BCUT2D eigenvalue weighted by Crippen LogP contribution is -2.04. The van der Waals surface area contributed by atoms with Crippen LogP contribution < -0.4 is 0 Å². The number of pyridine rings is 4. The first-order valence-corrected chi connectivity index (χ1v) is 29.8. The van der Waals surface area contributed by atoms with Crippen LogP contribution in [0.5, 0.6) is 0 Å². The molecule has 0 bridgehead atoms. The van der Waals surface area contributed by atoms with Gasteiger partial charge in [-0.05, 0) is 117 Å². The van der Waals surface area contributed by atoms with Crippen LogP contribution in [0, 0.1) is 0 Å². The predicted octanol–water partition coefficient (Wildman–Crippen LogP) is 21.1. The Morgan fingerprint density at radius 3 is 0.852 bits per heavy atom. The van der Waals surface area contributed by atoms with Crippen molar-refractivity contribution in [2.24, 2.45) is 0 Å². The fraction of sp³-hybridized carbons (Fsp3) is 0. The third-order valence-corrected chi connectivity index (χ3v) is 17.3. The van der Waals surface area contributed by atoms with Crippen LogP contribution in [0.25, 0.3) is 167 Å². The molecule has 0 aliphatic carbocycles. The molecule has 410 valence electrons. The van der Waals surface area contributed by atoms with Gasteiger partial charge in [0, 0.05) is 54.9 Å². The zero-order valence-electron chi connectivity index (χ0n) is 47.7. The molecule has 11 aromatic carbocycles. The highest BCUT2D eigenvalue weighted by molar-refractivity contribution is 6.22. The number of hydrogen-bond donors (Lipinski definition) is 0. The summed E-state index contributed by atoms with van der Waals surface area (Å²) in [7, 11) is 0. The molecule has 0 radical (unpaired) electrons. The minimum atomic E-state index is 0.828. The third kappa shape index (κ3) is 8.81. The molecular formula is C82H52N6. The van der Waals surface area contributed by atoms with Crippen LogP contribution in [0.15, 0.2) is 315 Å². The normalized spacial score (nSPS) is 11.6. The van der Waals surface area contributed by atoms with Crippen LogP contribution in [0.4, 0.5) is 0 Å². The van der Waals surface area contributed by atoms with Crippen molar-refractivity contribution in [3.05, 3.63) is 315 Å². The van der Waals surface area contributed by atoms with E-state index in [1.165, 1.54) is 43.1 Å². The van der Waals surface area contributed by atoms with Gasteiger partial charge in [0.2, 0.25) is 0 Å². The molecule has 17 aromatic rings. The van der Waals surface area contributed by atoms with E-state index >= 15 is 0 Å². The first kappa shape index (κ1) is 50.6. The van der Waals surface area contributed by atoms with E-state index < -0.39 is 0 Å². The molecular weight excluding hydrogens is 1070 g/mol. The predicted molar refractivity (Wildman–Crippen MR) is 365 cm³/mol. The Bertz CT molecular complexity index is 5110. The Morgan fingerprint density at radius 2 is 0.477 bits per heavy atom. The van der Waals surface area contributed by atoms with Crippen LogP contribution in [-0.2, 0) is 0 Å². The lowest BCUT2D eigenvalue weighted by atomic mass is 9.96. The summed E-state index contributed by atoms with van der Waals surface area (Å²) in [5.41, 5.74) is 19.8. The van der Waals surface area contributed by atoms with Crippen molar-refractivity contribution in [1.82, 2.24) is 29.1 Å². The van der Waals surface area contributed by atoms with Gasteiger partial charge >= 0.3 is 0 Å². The molecule has 6 nitrogen and oxygen atoms in total. The highest BCUT2D eigenvalue weighted by atomic mass is 15.1. The number of para-hydroxylation sites is 2. The minimum absolute atomic E-state index is 0.828. The van der Waals surface area contributed by atoms with Crippen molar-refractivity contribution < 1.29 is 0 Å². The largest absolute Gasteiger partial charge is 0.294 e. The average molecular weight is 1120 g/mol. The van der Waals surface area contributed by atoms with Crippen molar-refractivity contribution in [2.75, 3.05) is 0 Å². The monoisotopic (exact) mass is 1120 g/mol. The van der Waals surface area contributed by atoms with E-state index in [9.17, 15) is 0 Å². The Balaban J connectivity index is 0.876. The zero-order valence-corrected chi connectivity index (χ0v) is 47.7. The van der Waals surface area contributed by atoms with E-state index in [0.29, 0.717) is 0 Å². The number of nitrogens with zero attached hydrogens (tertiary/aromatic N) is 6. The van der Waals surface area contributed by atoms with E-state index in [1.54, 1.807) is 0 Å². The van der Waals surface area contributed by atoms with E-state index in [2.05, 4.69) is 300 Å². The van der Waals surface area contributed by atoms with Gasteiger partial charge in [0.05, 0.1) is 56.2 Å². The van der Waals surface area contributed by atoms with Gasteiger partial charge in [-0.25, -0.2) is 19.9 Å². The minimum Gasteiger partial charge on any atom is -0.294 e. The zero-order chi connectivity index (χ0) is 58.1. The molecule has 0 amide bonds. The SMILES string of the molecule is c1ccc(-c2cc(-c3cc(-c4ccc(-c5cc(-n6c7ccccc7c7c8ccccc8ccc76)nc(-n6c7ccccc7c7c8ccccc8ccc76)c5)cc4)cc(-c4cc(-c5ccccc5)nc(-c5ccccc5)c4)n3)cc(-c3ccccc3)n2)cc1.